The number of fused-ring (bicyclic) bond motifs is 2. The number of thiophene rings is 1. The van der Waals surface area contributed by atoms with Crippen molar-refractivity contribution in [2.24, 2.45) is 0 Å². The van der Waals surface area contributed by atoms with E-state index in [1.165, 1.54) is 16.9 Å². The summed E-state index contributed by atoms with van der Waals surface area (Å²) in [7, 11) is 0. The van der Waals surface area contributed by atoms with E-state index in [0.29, 0.717) is 16.1 Å². The number of nitrogens with zero attached hydrogens (tertiary/aromatic N) is 1. The zero-order chi connectivity index (χ0) is 19.3. The van der Waals surface area contributed by atoms with Crippen LogP contribution in [0.1, 0.15) is 44.9 Å². The Morgan fingerprint density at radius 1 is 1.14 bits per heavy atom. The van der Waals surface area contributed by atoms with Gasteiger partial charge in [0, 0.05) is 22.2 Å². The summed E-state index contributed by atoms with van der Waals surface area (Å²) >= 11 is 1.39. The van der Waals surface area contributed by atoms with E-state index < -0.39 is 0 Å². The number of nitrogens with two attached hydrogens (primary N) is 1. The van der Waals surface area contributed by atoms with Crippen LogP contribution < -0.4 is 5.73 Å². The first-order valence-corrected chi connectivity index (χ1v) is 10.3. The van der Waals surface area contributed by atoms with Crippen molar-refractivity contribution in [3.63, 3.8) is 0 Å². The third kappa shape index (κ3) is 2.66. The number of rotatable bonds is 3. The fourth-order valence-corrected chi connectivity index (χ4v) is 5.09. The number of benzene rings is 1. The lowest BCUT2D eigenvalue weighted by atomic mass is 9.89. The molecule has 140 valence electrons. The molecule has 1 aliphatic carbocycles. The number of nitrogen functional groups attached to an aromatic ring is 1. The fraction of sp³-hybridized carbons (Fsp3) is 0.217. The molecule has 4 nitrogen and oxygen atoms in total. The number of hydrogen-bond acceptors (Lipinski definition) is 5. The lowest BCUT2D eigenvalue weighted by Crippen LogP contribution is -2.07. The largest absolute Gasteiger partial charge is 0.464 e. The number of carbonyl (C=O) groups excluding carboxylic acids is 1. The first kappa shape index (κ1) is 17.2. The van der Waals surface area contributed by atoms with Crippen LogP contribution in [0, 0.1) is 6.92 Å². The van der Waals surface area contributed by atoms with Gasteiger partial charge in [0.25, 0.3) is 0 Å². The molecule has 0 bridgehead atoms. The third-order valence-corrected chi connectivity index (χ3v) is 6.54. The summed E-state index contributed by atoms with van der Waals surface area (Å²) in [5, 5.41) is 0.857. The Labute approximate surface area is 167 Å². The van der Waals surface area contributed by atoms with Crippen LogP contribution in [0.4, 0.5) is 5.69 Å². The molecule has 3 heterocycles. The van der Waals surface area contributed by atoms with Crippen LogP contribution in [-0.4, -0.2) is 10.8 Å². The van der Waals surface area contributed by atoms with Crippen molar-refractivity contribution < 1.29 is 9.21 Å². The Bertz CT molecular complexity index is 1190. The minimum atomic E-state index is -0.0520. The second-order valence-electron chi connectivity index (χ2n) is 7.32. The molecule has 5 heteroatoms. The topological polar surface area (TPSA) is 69.1 Å². The number of aromatic nitrogens is 1. The second kappa shape index (κ2) is 6.60. The highest BCUT2D eigenvalue weighted by Gasteiger charge is 2.27. The van der Waals surface area contributed by atoms with E-state index >= 15 is 0 Å². The van der Waals surface area contributed by atoms with Crippen LogP contribution in [0.3, 0.4) is 0 Å². The first-order chi connectivity index (χ1) is 13.6. The number of furan rings is 1. The van der Waals surface area contributed by atoms with Crippen LogP contribution >= 0.6 is 11.3 Å². The number of anilines is 1. The average Bonchev–Trinajstić information content (AvgIpc) is 3.35. The van der Waals surface area contributed by atoms with Crippen molar-refractivity contribution >= 4 is 33.0 Å². The van der Waals surface area contributed by atoms with E-state index in [9.17, 15) is 4.79 Å². The number of ketones is 1. The van der Waals surface area contributed by atoms with Crippen LogP contribution in [0.25, 0.3) is 21.5 Å². The van der Waals surface area contributed by atoms with Gasteiger partial charge in [-0.15, -0.1) is 11.3 Å². The van der Waals surface area contributed by atoms with Crippen molar-refractivity contribution in [2.45, 2.75) is 32.6 Å². The molecule has 0 radical (unpaired) electrons. The van der Waals surface area contributed by atoms with Crippen molar-refractivity contribution in [3.05, 3.63) is 69.9 Å². The van der Waals surface area contributed by atoms with Gasteiger partial charge < -0.3 is 10.2 Å². The zero-order valence-corrected chi connectivity index (χ0v) is 16.4. The highest BCUT2D eigenvalue weighted by molar-refractivity contribution is 7.21. The molecule has 3 aromatic heterocycles. The molecule has 28 heavy (non-hydrogen) atoms. The van der Waals surface area contributed by atoms with Crippen molar-refractivity contribution in [1.29, 1.82) is 0 Å². The van der Waals surface area contributed by atoms with E-state index in [1.807, 2.05) is 43.3 Å². The van der Waals surface area contributed by atoms with Gasteiger partial charge in [0.05, 0.1) is 12.0 Å². The van der Waals surface area contributed by atoms with E-state index in [1.54, 1.807) is 6.26 Å². The Morgan fingerprint density at radius 2 is 1.93 bits per heavy atom. The summed E-state index contributed by atoms with van der Waals surface area (Å²) in [5.74, 6) is 0.744. The standard InChI is InChI=1S/C23H20N2O2S/c1-13-8-10-14(11-9-13)21(26)22-20(24)19-18(17-7-4-12-27-17)15-5-2-3-6-16(15)25-23(19)28-22/h4,7-12H,2-3,5-6,24H2,1H3. The number of pyridine rings is 1. The minimum absolute atomic E-state index is 0.0520. The SMILES string of the molecule is Cc1ccc(C(=O)c2sc3nc4c(c(-c5ccco5)c3c2N)CCCC4)cc1. The number of aryl methyl sites for hydroxylation is 2. The van der Waals surface area contributed by atoms with E-state index in [-0.39, 0.29) is 5.78 Å². The maximum atomic E-state index is 13.1. The molecule has 1 aliphatic rings. The minimum Gasteiger partial charge on any atom is -0.464 e. The molecule has 0 unspecified atom stereocenters. The molecule has 0 atom stereocenters. The van der Waals surface area contributed by atoms with Crippen LogP contribution in [0.5, 0.6) is 0 Å². The second-order valence-corrected chi connectivity index (χ2v) is 8.32. The first-order valence-electron chi connectivity index (χ1n) is 9.52. The summed E-state index contributed by atoms with van der Waals surface area (Å²) in [5.41, 5.74) is 12.2. The number of hydrogen-bond donors (Lipinski definition) is 1. The molecule has 0 saturated heterocycles. The highest BCUT2D eigenvalue weighted by Crippen LogP contribution is 2.44. The third-order valence-electron chi connectivity index (χ3n) is 5.44. The van der Waals surface area contributed by atoms with Gasteiger partial charge in [0.1, 0.15) is 15.5 Å². The van der Waals surface area contributed by atoms with Crippen LogP contribution in [-0.2, 0) is 12.8 Å². The van der Waals surface area contributed by atoms with Gasteiger partial charge in [-0.25, -0.2) is 4.98 Å². The van der Waals surface area contributed by atoms with E-state index in [2.05, 4.69) is 0 Å². The maximum Gasteiger partial charge on any atom is 0.205 e. The van der Waals surface area contributed by atoms with Crippen molar-refractivity contribution in [3.8, 4) is 11.3 Å². The predicted molar refractivity (Wildman–Crippen MR) is 113 cm³/mol. The molecule has 1 aromatic carbocycles. The summed E-state index contributed by atoms with van der Waals surface area (Å²) in [6.45, 7) is 2.01. The molecular formula is C23H20N2O2S. The molecule has 0 saturated carbocycles. The average molecular weight is 388 g/mol. The number of carbonyl (C=O) groups is 1. The molecular weight excluding hydrogens is 368 g/mol. The lowest BCUT2D eigenvalue weighted by Gasteiger charge is -2.18. The highest BCUT2D eigenvalue weighted by atomic mass is 32.1. The quantitative estimate of drug-likeness (QED) is 0.467. The summed E-state index contributed by atoms with van der Waals surface area (Å²) in [4.78, 5) is 19.4. The predicted octanol–water partition coefficient (Wildman–Crippen LogP) is 5.56. The molecule has 2 N–H and O–H groups in total. The fourth-order valence-electron chi connectivity index (χ4n) is 4.00. The Kier molecular flexibility index (Phi) is 4.05. The summed E-state index contributed by atoms with van der Waals surface area (Å²) in [6.07, 6.45) is 5.87. The van der Waals surface area contributed by atoms with Gasteiger partial charge in [0.2, 0.25) is 5.78 Å². The Balaban J connectivity index is 1.76. The molecule has 4 aromatic rings. The molecule has 5 rings (SSSR count). The van der Waals surface area contributed by atoms with Crippen LogP contribution in [0.2, 0.25) is 0 Å². The Morgan fingerprint density at radius 3 is 2.68 bits per heavy atom. The van der Waals surface area contributed by atoms with Gasteiger partial charge in [-0.1, -0.05) is 29.8 Å². The Hall–Kier alpha value is -2.92. The normalized spacial score (nSPS) is 13.6. The van der Waals surface area contributed by atoms with Gasteiger partial charge >= 0.3 is 0 Å². The smallest absolute Gasteiger partial charge is 0.205 e. The molecule has 0 amide bonds. The summed E-state index contributed by atoms with van der Waals surface area (Å²) < 4.78 is 5.75. The maximum absolute atomic E-state index is 13.1. The van der Waals surface area contributed by atoms with E-state index in [4.69, 9.17) is 15.1 Å². The van der Waals surface area contributed by atoms with E-state index in [0.717, 1.165) is 58.5 Å². The lowest BCUT2D eigenvalue weighted by molar-refractivity contribution is 0.104. The molecule has 0 fully saturated rings. The van der Waals surface area contributed by atoms with Gasteiger partial charge in [0.15, 0.2) is 0 Å². The zero-order valence-electron chi connectivity index (χ0n) is 15.6. The molecule has 0 spiro atoms. The monoisotopic (exact) mass is 388 g/mol. The molecule has 0 aliphatic heterocycles. The summed E-state index contributed by atoms with van der Waals surface area (Å²) in [6, 6.07) is 11.4. The van der Waals surface area contributed by atoms with Crippen molar-refractivity contribution in [2.75, 3.05) is 5.73 Å². The van der Waals surface area contributed by atoms with Gasteiger partial charge in [-0.3, -0.25) is 4.79 Å². The van der Waals surface area contributed by atoms with Crippen molar-refractivity contribution in [1.82, 2.24) is 4.98 Å². The van der Waals surface area contributed by atoms with Gasteiger partial charge in [-0.2, -0.15) is 0 Å². The van der Waals surface area contributed by atoms with Gasteiger partial charge in [-0.05, 0) is 50.3 Å². The van der Waals surface area contributed by atoms with Crippen LogP contribution in [0.15, 0.2) is 47.1 Å².